The molecule has 1 aromatic heterocycles. The molecule has 0 unspecified atom stereocenters. The van der Waals surface area contributed by atoms with Gasteiger partial charge in [-0.15, -0.1) is 11.3 Å². The summed E-state index contributed by atoms with van der Waals surface area (Å²) in [5, 5.41) is 1.97. The van der Waals surface area contributed by atoms with Gasteiger partial charge < -0.3 is 4.74 Å². The Kier molecular flexibility index (Phi) is 4.15. The van der Waals surface area contributed by atoms with Gasteiger partial charge in [0.1, 0.15) is 5.75 Å². The van der Waals surface area contributed by atoms with Crippen molar-refractivity contribution in [2.45, 2.75) is 20.3 Å². The minimum Gasteiger partial charge on any atom is -0.494 e. The summed E-state index contributed by atoms with van der Waals surface area (Å²) in [6, 6.07) is 9.40. The molecule has 0 atom stereocenters. The normalized spacial score (nSPS) is 10.3. The highest BCUT2D eigenvalue weighted by Crippen LogP contribution is 2.23. The molecule has 2 nitrogen and oxygen atoms in total. The number of carbonyl (C=O) groups excluding carboxylic acids is 1. The molecule has 2 rings (SSSR count). The molecule has 0 radical (unpaired) electrons. The molecule has 0 N–H and O–H groups in total. The largest absolute Gasteiger partial charge is 0.494 e. The molecule has 0 aliphatic rings. The number of carbonyl (C=O) groups is 1. The highest BCUT2D eigenvalue weighted by molar-refractivity contribution is 7.12. The Balaban J connectivity index is 2.31. The molecule has 1 aromatic carbocycles. The molecule has 0 spiro atoms. The molecule has 1 heterocycles. The molecule has 0 aliphatic carbocycles. The van der Waals surface area contributed by atoms with Crippen molar-refractivity contribution >= 4 is 17.1 Å². The van der Waals surface area contributed by atoms with Crippen molar-refractivity contribution in [3.05, 3.63) is 51.7 Å². The zero-order valence-corrected chi connectivity index (χ0v) is 11.4. The Morgan fingerprint density at radius 1 is 1.28 bits per heavy atom. The number of thiophene rings is 1. The van der Waals surface area contributed by atoms with E-state index >= 15 is 0 Å². The third-order valence-corrected chi connectivity index (χ3v) is 3.70. The van der Waals surface area contributed by atoms with Crippen LogP contribution in [0.4, 0.5) is 0 Å². The van der Waals surface area contributed by atoms with Crippen LogP contribution in [0.15, 0.2) is 35.7 Å². The molecule has 0 aliphatic heterocycles. The van der Waals surface area contributed by atoms with Crippen LogP contribution in [-0.4, -0.2) is 12.4 Å². The SMILES string of the molecule is CCOc1cccc(C(=O)c2sccc2CC)c1. The zero-order valence-electron chi connectivity index (χ0n) is 10.6. The Bertz CT molecular complexity index is 543. The minimum absolute atomic E-state index is 0.0865. The van der Waals surface area contributed by atoms with Gasteiger partial charge >= 0.3 is 0 Å². The van der Waals surface area contributed by atoms with Crippen molar-refractivity contribution in [2.75, 3.05) is 6.61 Å². The summed E-state index contributed by atoms with van der Waals surface area (Å²) in [6.45, 7) is 4.61. The second kappa shape index (κ2) is 5.83. The van der Waals surface area contributed by atoms with Crippen LogP contribution in [0.2, 0.25) is 0 Å². The number of ether oxygens (including phenoxy) is 1. The summed E-state index contributed by atoms with van der Waals surface area (Å²) in [5.74, 6) is 0.835. The monoisotopic (exact) mass is 260 g/mol. The van der Waals surface area contributed by atoms with Gasteiger partial charge in [-0.3, -0.25) is 4.79 Å². The van der Waals surface area contributed by atoms with E-state index in [1.807, 2.05) is 42.6 Å². The van der Waals surface area contributed by atoms with Gasteiger partial charge in [-0.25, -0.2) is 0 Å². The Morgan fingerprint density at radius 3 is 2.83 bits per heavy atom. The highest BCUT2D eigenvalue weighted by atomic mass is 32.1. The maximum Gasteiger partial charge on any atom is 0.203 e. The van der Waals surface area contributed by atoms with Gasteiger partial charge in [0.25, 0.3) is 0 Å². The van der Waals surface area contributed by atoms with E-state index in [2.05, 4.69) is 6.92 Å². The molecule has 18 heavy (non-hydrogen) atoms. The molecule has 3 heteroatoms. The van der Waals surface area contributed by atoms with E-state index in [0.717, 1.165) is 22.6 Å². The number of hydrogen-bond donors (Lipinski definition) is 0. The molecule has 0 fully saturated rings. The quantitative estimate of drug-likeness (QED) is 0.761. The van der Waals surface area contributed by atoms with E-state index in [1.165, 1.54) is 11.3 Å². The highest BCUT2D eigenvalue weighted by Gasteiger charge is 2.14. The van der Waals surface area contributed by atoms with Crippen LogP contribution >= 0.6 is 11.3 Å². The van der Waals surface area contributed by atoms with Gasteiger partial charge in [-0.1, -0.05) is 19.1 Å². The predicted molar refractivity (Wildman–Crippen MR) is 74.7 cm³/mol. The molecule has 0 saturated heterocycles. The van der Waals surface area contributed by atoms with Gasteiger partial charge in [0.2, 0.25) is 5.78 Å². The molecular formula is C15H16O2S. The molecular weight excluding hydrogens is 244 g/mol. The van der Waals surface area contributed by atoms with Crippen molar-refractivity contribution in [3.8, 4) is 5.75 Å². The Morgan fingerprint density at radius 2 is 2.11 bits per heavy atom. The number of aryl methyl sites for hydroxylation is 1. The lowest BCUT2D eigenvalue weighted by molar-refractivity contribution is 0.104. The van der Waals surface area contributed by atoms with Gasteiger partial charge in [0.05, 0.1) is 11.5 Å². The number of hydrogen-bond acceptors (Lipinski definition) is 3. The first kappa shape index (κ1) is 12.8. The molecule has 0 amide bonds. The Labute approximate surface area is 111 Å². The lowest BCUT2D eigenvalue weighted by Gasteiger charge is -2.05. The number of ketones is 1. The lowest BCUT2D eigenvalue weighted by Crippen LogP contribution is -2.02. The maximum atomic E-state index is 12.4. The number of benzene rings is 1. The zero-order chi connectivity index (χ0) is 13.0. The van der Waals surface area contributed by atoms with Gasteiger partial charge in [0.15, 0.2) is 0 Å². The first-order chi connectivity index (χ1) is 8.76. The summed E-state index contributed by atoms with van der Waals surface area (Å²) >= 11 is 1.51. The summed E-state index contributed by atoms with van der Waals surface area (Å²) in [5.41, 5.74) is 1.81. The average molecular weight is 260 g/mol. The molecule has 94 valence electrons. The van der Waals surface area contributed by atoms with Crippen molar-refractivity contribution < 1.29 is 9.53 Å². The summed E-state index contributed by atoms with van der Waals surface area (Å²) in [4.78, 5) is 13.2. The fourth-order valence-corrected chi connectivity index (χ4v) is 2.80. The van der Waals surface area contributed by atoms with E-state index in [4.69, 9.17) is 4.74 Å². The van der Waals surface area contributed by atoms with Crippen LogP contribution in [0, 0.1) is 0 Å². The predicted octanol–water partition coefficient (Wildman–Crippen LogP) is 3.94. The second-order valence-corrected chi connectivity index (χ2v) is 4.83. The average Bonchev–Trinajstić information content (AvgIpc) is 2.87. The van der Waals surface area contributed by atoms with Crippen molar-refractivity contribution in [2.24, 2.45) is 0 Å². The van der Waals surface area contributed by atoms with Crippen molar-refractivity contribution in [1.82, 2.24) is 0 Å². The standard InChI is InChI=1S/C15H16O2S/c1-3-11-8-9-18-15(11)14(16)12-6-5-7-13(10-12)17-4-2/h5-10H,3-4H2,1-2H3. The fourth-order valence-electron chi connectivity index (χ4n) is 1.84. The summed E-state index contributed by atoms with van der Waals surface area (Å²) in [6.07, 6.45) is 0.885. The number of rotatable bonds is 5. The fraction of sp³-hybridized carbons (Fsp3) is 0.267. The van der Waals surface area contributed by atoms with Gasteiger partial charge in [0, 0.05) is 5.56 Å². The Hall–Kier alpha value is -1.61. The first-order valence-electron chi connectivity index (χ1n) is 6.10. The van der Waals surface area contributed by atoms with Crippen LogP contribution in [0.1, 0.15) is 34.6 Å². The van der Waals surface area contributed by atoms with Crippen LogP contribution < -0.4 is 4.74 Å². The third-order valence-electron chi connectivity index (χ3n) is 2.74. The smallest absolute Gasteiger partial charge is 0.203 e. The summed E-state index contributed by atoms with van der Waals surface area (Å²) < 4.78 is 5.42. The van der Waals surface area contributed by atoms with E-state index in [1.54, 1.807) is 0 Å². The molecule has 0 bridgehead atoms. The van der Waals surface area contributed by atoms with Gasteiger partial charge in [-0.05, 0) is 42.5 Å². The van der Waals surface area contributed by atoms with Crippen LogP contribution in [0.5, 0.6) is 5.75 Å². The van der Waals surface area contributed by atoms with E-state index in [9.17, 15) is 4.79 Å². The minimum atomic E-state index is 0.0865. The third kappa shape index (κ3) is 2.62. The van der Waals surface area contributed by atoms with Gasteiger partial charge in [-0.2, -0.15) is 0 Å². The maximum absolute atomic E-state index is 12.4. The van der Waals surface area contributed by atoms with Crippen molar-refractivity contribution in [1.29, 1.82) is 0 Å². The second-order valence-electron chi connectivity index (χ2n) is 3.92. The van der Waals surface area contributed by atoms with Crippen molar-refractivity contribution in [3.63, 3.8) is 0 Å². The van der Waals surface area contributed by atoms with E-state index < -0.39 is 0 Å². The van der Waals surface area contributed by atoms with Crippen LogP contribution in [-0.2, 0) is 6.42 Å². The van der Waals surface area contributed by atoms with Crippen LogP contribution in [0.3, 0.4) is 0 Å². The van der Waals surface area contributed by atoms with Crippen LogP contribution in [0.25, 0.3) is 0 Å². The topological polar surface area (TPSA) is 26.3 Å². The van der Waals surface area contributed by atoms with E-state index in [0.29, 0.717) is 12.2 Å². The van der Waals surface area contributed by atoms with E-state index in [-0.39, 0.29) is 5.78 Å². The summed E-state index contributed by atoms with van der Waals surface area (Å²) in [7, 11) is 0. The first-order valence-corrected chi connectivity index (χ1v) is 6.98. The lowest BCUT2D eigenvalue weighted by atomic mass is 10.1. The molecule has 0 saturated carbocycles. The molecule has 2 aromatic rings.